The number of thiophene rings is 1. The third kappa shape index (κ3) is 3.93. The van der Waals surface area contributed by atoms with E-state index >= 15 is 0 Å². The zero-order chi connectivity index (χ0) is 14.4. The Morgan fingerprint density at radius 2 is 2.20 bits per heavy atom. The van der Waals surface area contributed by atoms with Crippen LogP contribution in [0, 0.1) is 5.82 Å². The molecule has 1 heterocycles. The molecule has 2 aromatic rings. The van der Waals surface area contributed by atoms with Gasteiger partial charge < -0.3 is 9.84 Å². The average Bonchev–Trinajstić information content (AvgIpc) is 2.92. The van der Waals surface area contributed by atoms with Crippen molar-refractivity contribution in [1.29, 1.82) is 0 Å². The second kappa shape index (κ2) is 6.86. The number of carboxylic acid groups (broad SMARTS) is 1. The highest BCUT2D eigenvalue weighted by atomic mass is 32.1. The summed E-state index contributed by atoms with van der Waals surface area (Å²) < 4.78 is 19.2. The van der Waals surface area contributed by atoms with Gasteiger partial charge >= 0.3 is 5.97 Å². The van der Waals surface area contributed by atoms with Crippen LogP contribution in [-0.4, -0.2) is 17.7 Å². The fourth-order valence-corrected chi connectivity index (χ4v) is 2.37. The molecule has 0 amide bonds. The second-order valence-corrected chi connectivity index (χ2v) is 5.04. The molecule has 3 nitrogen and oxygen atoms in total. The molecule has 20 heavy (non-hydrogen) atoms. The summed E-state index contributed by atoms with van der Waals surface area (Å²) in [7, 11) is 0. The number of hydrogen-bond acceptors (Lipinski definition) is 3. The maximum Gasteiger partial charge on any atom is 0.328 e. The van der Waals surface area contributed by atoms with Crippen molar-refractivity contribution in [3.63, 3.8) is 0 Å². The van der Waals surface area contributed by atoms with Crippen molar-refractivity contribution in [3.8, 4) is 5.75 Å². The first-order chi connectivity index (χ1) is 9.66. The van der Waals surface area contributed by atoms with Crippen molar-refractivity contribution in [2.75, 3.05) is 6.61 Å². The molecule has 2 rings (SSSR count). The number of carboxylic acids is 1. The third-order valence-corrected chi connectivity index (χ3v) is 3.51. The van der Waals surface area contributed by atoms with Gasteiger partial charge in [0.05, 0.1) is 6.61 Å². The van der Waals surface area contributed by atoms with Crippen molar-refractivity contribution in [2.45, 2.75) is 6.42 Å². The van der Waals surface area contributed by atoms with E-state index in [4.69, 9.17) is 9.84 Å². The maximum atomic E-state index is 13.7. The Labute approximate surface area is 119 Å². The largest absolute Gasteiger partial charge is 0.490 e. The standard InChI is InChI=1S/C15H13FO3S/c16-13-5-1-3-11(6-7-14(17)18)15(13)19-9-8-12-4-2-10-20-12/h1-7,10H,8-9H2,(H,17,18)/b7-6+. The van der Waals surface area contributed by atoms with Gasteiger partial charge in [0.2, 0.25) is 0 Å². The van der Waals surface area contributed by atoms with Gasteiger partial charge in [-0.15, -0.1) is 11.3 Å². The number of rotatable bonds is 6. The summed E-state index contributed by atoms with van der Waals surface area (Å²) in [6.07, 6.45) is 2.97. The first kappa shape index (κ1) is 14.3. The van der Waals surface area contributed by atoms with E-state index in [1.807, 2.05) is 17.5 Å². The highest BCUT2D eigenvalue weighted by Gasteiger charge is 2.08. The molecule has 0 radical (unpaired) electrons. The number of aliphatic carboxylic acids is 1. The van der Waals surface area contributed by atoms with Gasteiger partial charge in [-0.1, -0.05) is 18.2 Å². The maximum absolute atomic E-state index is 13.7. The number of carbonyl (C=O) groups is 1. The number of halogens is 1. The van der Waals surface area contributed by atoms with E-state index in [0.717, 1.165) is 11.0 Å². The van der Waals surface area contributed by atoms with Crippen LogP contribution in [0.2, 0.25) is 0 Å². The zero-order valence-corrected chi connectivity index (χ0v) is 11.4. The van der Waals surface area contributed by atoms with Crippen molar-refractivity contribution < 1.29 is 19.0 Å². The monoisotopic (exact) mass is 292 g/mol. The molecule has 0 aliphatic heterocycles. The second-order valence-electron chi connectivity index (χ2n) is 4.01. The van der Waals surface area contributed by atoms with Crippen molar-refractivity contribution in [1.82, 2.24) is 0 Å². The highest BCUT2D eigenvalue weighted by Crippen LogP contribution is 2.24. The van der Waals surface area contributed by atoms with Crippen molar-refractivity contribution >= 4 is 23.4 Å². The number of hydrogen-bond donors (Lipinski definition) is 1. The Morgan fingerprint density at radius 3 is 2.90 bits per heavy atom. The van der Waals surface area contributed by atoms with Gasteiger partial charge in [0, 0.05) is 22.9 Å². The van der Waals surface area contributed by atoms with Gasteiger partial charge in [0.15, 0.2) is 11.6 Å². The van der Waals surface area contributed by atoms with E-state index in [1.54, 1.807) is 17.4 Å². The molecule has 5 heteroatoms. The van der Waals surface area contributed by atoms with E-state index < -0.39 is 11.8 Å². The predicted octanol–water partition coefficient (Wildman–Crippen LogP) is 3.61. The zero-order valence-electron chi connectivity index (χ0n) is 10.6. The smallest absolute Gasteiger partial charge is 0.328 e. The van der Waals surface area contributed by atoms with E-state index in [1.165, 1.54) is 18.2 Å². The van der Waals surface area contributed by atoms with Crippen LogP contribution >= 0.6 is 11.3 Å². The molecule has 0 fully saturated rings. The molecule has 0 unspecified atom stereocenters. The van der Waals surface area contributed by atoms with Crippen LogP contribution in [0.4, 0.5) is 4.39 Å². The molecular weight excluding hydrogens is 279 g/mol. The number of ether oxygens (including phenoxy) is 1. The first-order valence-electron chi connectivity index (χ1n) is 6.01. The van der Waals surface area contributed by atoms with Crippen LogP contribution < -0.4 is 4.74 Å². The summed E-state index contributed by atoms with van der Waals surface area (Å²) in [6.45, 7) is 0.343. The van der Waals surface area contributed by atoms with Crippen LogP contribution in [0.15, 0.2) is 41.8 Å². The molecular formula is C15H13FO3S. The SMILES string of the molecule is O=C(O)/C=C/c1cccc(F)c1OCCc1cccs1. The molecule has 0 atom stereocenters. The molecule has 104 valence electrons. The average molecular weight is 292 g/mol. The van der Waals surface area contributed by atoms with E-state index in [9.17, 15) is 9.18 Å². The number of para-hydroxylation sites is 1. The van der Waals surface area contributed by atoms with E-state index in [0.29, 0.717) is 18.6 Å². The molecule has 0 aliphatic rings. The van der Waals surface area contributed by atoms with E-state index in [2.05, 4.69) is 0 Å². The molecule has 1 aromatic carbocycles. The highest BCUT2D eigenvalue weighted by molar-refractivity contribution is 7.09. The Morgan fingerprint density at radius 1 is 1.35 bits per heavy atom. The lowest BCUT2D eigenvalue weighted by atomic mass is 10.2. The Balaban J connectivity index is 2.07. The van der Waals surface area contributed by atoms with Crippen LogP contribution in [0.25, 0.3) is 6.08 Å². The topological polar surface area (TPSA) is 46.5 Å². The minimum Gasteiger partial charge on any atom is -0.490 e. The summed E-state index contributed by atoms with van der Waals surface area (Å²) in [5, 5.41) is 10.6. The molecule has 0 saturated carbocycles. The quantitative estimate of drug-likeness (QED) is 0.827. The van der Waals surface area contributed by atoms with Crippen LogP contribution in [0.3, 0.4) is 0 Å². The first-order valence-corrected chi connectivity index (χ1v) is 6.89. The van der Waals surface area contributed by atoms with Crippen molar-refractivity contribution in [2.24, 2.45) is 0 Å². The summed E-state index contributed by atoms with van der Waals surface area (Å²) in [5.41, 5.74) is 0.415. The van der Waals surface area contributed by atoms with Gasteiger partial charge in [-0.05, 0) is 23.6 Å². The minimum atomic E-state index is -1.08. The Kier molecular flexibility index (Phi) is 4.90. The summed E-state index contributed by atoms with van der Waals surface area (Å²) in [6, 6.07) is 8.36. The molecule has 0 aliphatic carbocycles. The Bertz CT molecular complexity index is 606. The van der Waals surface area contributed by atoms with Crippen molar-refractivity contribution in [3.05, 3.63) is 58.0 Å². The van der Waals surface area contributed by atoms with Gasteiger partial charge in [-0.25, -0.2) is 9.18 Å². The molecule has 1 aromatic heterocycles. The minimum absolute atomic E-state index is 0.0848. The van der Waals surface area contributed by atoms with Gasteiger partial charge in [0.1, 0.15) is 0 Å². The summed E-state index contributed by atoms with van der Waals surface area (Å²) in [5.74, 6) is -1.50. The predicted molar refractivity (Wildman–Crippen MR) is 76.6 cm³/mol. The molecule has 0 bridgehead atoms. The lowest BCUT2D eigenvalue weighted by Gasteiger charge is -2.09. The molecule has 1 N–H and O–H groups in total. The van der Waals surface area contributed by atoms with Crippen LogP contribution in [-0.2, 0) is 11.2 Å². The summed E-state index contributed by atoms with van der Waals surface area (Å²) >= 11 is 1.62. The normalized spacial score (nSPS) is 10.8. The fraction of sp³-hybridized carbons (Fsp3) is 0.133. The van der Waals surface area contributed by atoms with Crippen LogP contribution in [0.5, 0.6) is 5.75 Å². The van der Waals surface area contributed by atoms with E-state index in [-0.39, 0.29) is 5.75 Å². The fourth-order valence-electron chi connectivity index (χ4n) is 1.68. The summed E-state index contributed by atoms with van der Waals surface area (Å²) in [4.78, 5) is 11.7. The third-order valence-electron chi connectivity index (χ3n) is 2.58. The van der Waals surface area contributed by atoms with Crippen LogP contribution in [0.1, 0.15) is 10.4 Å². The van der Waals surface area contributed by atoms with Gasteiger partial charge in [-0.2, -0.15) is 0 Å². The molecule has 0 spiro atoms. The van der Waals surface area contributed by atoms with Gasteiger partial charge in [-0.3, -0.25) is 0 Å². The lowest BCUT2D eigenvalue weighted by Crippen LogP contribution is -2.03. The van der Waals surface area contributed by atoms with Gasteiger partial charge in [0.25, 0.3) is 0 Å². The lowest BCUT2D eigenvalue weighted by molar-refractivity contribution is -0.131. The number of benzene rings is 1. The molecule has 0 saturated heterocycles. The Hall–Kier alpha value is -2.14.